The molecule has 0 atom stereocenters. The molecule has 174 valence electrons. The third-order valence-electron chi connectivity index (χ3n) is 5.95. The highest BCUT2D eigenvalue weighted by atomic mass is 16.5. The van der Waals surface area contributed by atoms with Crippen LogP contribution in [0.4, 0.5) is 17.3 Å². The Hall–Kier alpha value is -4.43. The largest absolute Gasteiger partial charge is 0.438 e. The first-order valence-corrected chi connectivity index (χ1v) is 11.6. The number of hydrogen-bond acceptors (Lipinski definition) is 7. The van der Waals surface area contributed by atoms with Crippen molar-refractivity contribution in [1.29, 1.82) is 0 Å². The molecule has 0 aliphatic carbocycles. The van der Waals surface area contributed by atoms with Crippen LogP contribution < -0.4 is 15.0 Å². The van der Waals surface area contributed by atoms with Gasteiger partial charge in [0.15, 0.2) is 0 Å². The molecule has 1 aliphatic rings. The van der Waals surface area contributed by atoms with Crippen LogP contribution in [0.3, 0.4) is 0 Å². The molecule has 6 rings (SSSR count). The number of anilines is 3. The van der Waals surface area contributed by atoms with E-state index in [2.05, 4.69) is 32.3 Å². The van der Waals surface area contributed by atoms with Crippen molar-refractivity contribution in [2.45, 2.75) is 0 Å². The minimum Gasteiger partial charge on any atom is -0.438 e. The van der Waals surface area contributed by atoms with Gasteiger partial charge in [-0.15, -0.1) is 0 Å². The molecule has 3 aromatic heterocycles. The summed E-state index contributed by atoms with van der Waals surface area (Å²) in [6.45, 7) is 3.32. The molecular weight excluding hydrogens is 440 g/mol. The molecule has 2 N–H and O–H groups in total. The maximum absolute atomic E-state index is 6.24. The lowest BCUT2D eigenvalue weighted by atomic mass is 10.1. The van der Waals surface area contributed by atoms with E-state index < -0.39 is 0 Å². The van der Waals surface area contributed by atoms with Gasteiger partial charge in [0.05, 0.1) is 18.6 Å². The van der Waals surface area contributed by atoms with Crippen molar-refractivity contribution in [3.05, 3.63) is 85.3 Å². The summed E-state index contributed by atoms with van der Waals surface area (Å²) in [5, 5.41) is 4.14. The fourth-order valence-electron chi connectivity index (χ4n) is 4.20. The lowest BCUT2D eigenvalue weighted by Gasteiger charge is -2.28. The first-order chi connectivity index (χ1) is 17.3. The minimum atomic E-state index is 0.450. The van der Waals surface area contributed by atoms with E-state index in [1.807, 2.05) is 60.8 Å². The van der Waals surface area contributed by atoms with Crippen molar-refractivity contribution in [2.75, 3.05) is 36.5 Å². The Bertz CT molecular complexity index is 1420. The van der Waals surface area contributed by atoms with E-state index in [1.54, 1.807) is 12.4 Å². The fourth-order valence-corrected chi connectivity index (χ4v) is 4.20. The third-order valence-corrected chi connectivity index (χ3v) is 5.95. The maximum atomic E-state index is 6.24. The first-order valence-electron chi connectivity index (χ1n) is 11.6. The number of aromatic nitrogens is 4. The summed E-state index contributed by atoms with van der Waals surface area (Å²) in [6.07, 6.45) is 5.46. The minimum absolute atomic E-state index is 0.450. The second-order valence-corrected chi connectivity index (χ2v) is 8.20. The smallest absolute Gasteiger partial charge is 0.234 e. The average molecular weight is 465 g/mol. The molecule has 1 aliphatic heterocycles. The van der Waals surface area contributed by atoms with Gasteiger partial charge in [-0.05, 0) is 54.1 Å². The van der Waals surface area contributed by atoms with Crippen LogP contribution in [-0.2, 0) is 4.74 Å². The number of pyridine rings is 1. The predicted molar refractivity (Wildman–Crippen MR) is 136 cm³/mol. The molecule has 8 nitrogen and oxygen atoms in total. The number of para-hydroxylation sites is 1. The summed E-state index contributed by atoms with van der Waals surface area (Å²) in [5.41, 5.74) is 4.72. The molecule has 1 saturated heterocycles. The monoisotopic (exact) mass is 464 g/mol. The molecule has 4 heterocycles. The molecule has 0 spiro atoms. The second-order valence-electron chi connectivity index (χ2n) is 8.20. The number of nitrogens with zero attached hydrogens (tertiary/aromatic N) is 4. The van der Waals surface area contributed by atoms with E-state index in [9.17, 15) is 0 Å². The van der Waals surface area contributed by atoms with Crippen LogP contribution in [0.2, 0.25) is 0 Å². The molecule has 0 bridgehead atoms. The van der Waals surface area contributed by atoms with Crippen LogP contribution in [0, 0.1) is 0 Å². The average Bonchev–Trinajstić information content (AvgIpc) is 3.35. The summed E-state index contributed by atoms with van der Waals surface area (Å²) >= 11 is 0. The standard InChI is InChI=1S/C27H24N6O2/c1-2-4-22(5-3-1)35-26-24-23(19-10-12-28-13-11-19)18-29-25(24)31-27(32-26)30-20-6-8-21(9-7-20)33-14-16-34-17-15-33/h1-13,18H,14-17H2,(H2,29,30,31,32). The number of aromatic amines is 1. The quantitative estimate of drug-likeness (QED) is 0.348. The number of fused-ring (bicyclic) bond motifs is 1. The number of H-pyrrole nitrogens is 1. The molecule has 2 aromatic carbocycles. The Kier molecular flexibility index (Phi) is 5.70. The van der Waals surface area contributed by atoms with E-state index in [4.69, 9.17) is 19.4 Å². The van der Waals surface area contributed by atoms with Gasteiger partial charge in [-0.25, -0.2) is 0 Å². The summed E-state index contributed by atoms with van der Waals surface area (Å²) < 4.78 is 11.7. The lowest BCUT2D eigenvalue weighted by molar-refractivity contribution is 0.122. The van der Waals surface area contributed by atoms with E-state index in [-0.39, 0.29) is 0 Å². The normalized spacial score (nSPS) is 13.7. The maximum Gasteiger partial charge on any atom is 0.234 e. The number of rotatable bonds is 6. The van der Waals surface area contributed by atoms with E-state index in [1.165, 1.54) is 5.69 Å². The van der Waals surface area contributed by atoms with Gasteiger partial charge in [0.25, 0.3) is 0 Å². The van der Waals surface area contributed by atoms with E-state index in [0.717, 1.165) is 48.5 Å². The van der Waals surface area contributed by atoms with Crippen LogP contribution in [0.5, 0.6) is 11.6 Å². The Morgan fingerprint density at radius 3 is 2.43 bits per heavy atom. The second kappa shape index (κ2) is 9.44. The van der Waals surface area contributed by atoms with Gasteiger partial charge >= 0.3 is 0 Å². The van der Waals surface area contributed by atoms with Crippen LogP contribution in [0.25, 0.3) is 22.2 Å². The van der Waals surface area contributed by atoms with Crippen LogP contribution in [-0.4, -0.2) is 46.2 Å². The molecule has 1 fully saturated rings. The van der Waals surface area contributed by atoms with Gasteiger partial charge in [-0.3, -0.25) is 4.98 Å². The van der Waals surface area contributed by atoms with Crippen LogP contribution >= 0.6 is 0 Å². The first kappa shape index (κ1) is 21.1. The van der Waals surface area contributed by atoms with Gasteiger partial charge < -0.3 is 24.7 Å². The van der Waals surface area contributed by atoms with Gasteiger partial charge in [0.1, 0.15) is 11.4 Å². The number of nitrogens with one attached hydrogen (secondary N) is 2. The highest BCUT2D eigenvalue weighted by Crippen LogP contribution is 2.36. The van der Waals surface area contributed by atoms with Crippen molar-refractivity contribution >= 4 is 28.4 Å². The SMILES string of the molecule is c1ccc(Oc2nc(Nc3ccc(N4CCOCC4)cc3)nc3[nH]cc(-c4ccncc4)c23)cc1. The van der Waals surface area contributed by atoms with E-state index in [0.29, 0.717) is 23.2 Å². The topological polar surface area (TPSA) is 88.2 Å². The summed E-state index contributed by atoms with van der Waals surface area (Å²) in [7, 11) is 0. The summed E-state index contributed by atoms with van der Waals surface area (Å²) in [5.74, 6) is 1.63. The van der Waals surface area contributed by atoms with E-state index >= 15 is 0 Å². The van der Waals surface area contributed by atoms with Gasteiger partial charge in [0.2, 0.25) is 11.8 Å². The number of benzene rings is 2. The van der Waals surface area contributed by atoms with Crippen molar-refractivity contribution in [3.8, 4) is 22.8 Å². The van der Waals surface area contributed by atoms with Crippen molar-refractivity contribution < 1.29 is 9.47 Å². The molecule has 0 saturated carbocycles. The number of morpholine rings is 1. The van der Waals surface area contributed by atoms with Gasteiger partial charge in [-0.2, -0.15) is 9.97 Å². The van der Waals surface area contributed by atoms with Crippen LogP contribution in [0.15, 0.2) is 85.3 Å². The molecule has 35 heavy (non-hydrogen) atoms. The zero-order valence-electron chi connectivity index (χ0n) is 19.0. The molecule has 8 heteroatoms. The zero-order chi connectivity index (χ0) is 23.5. The summed E-state index contributed by atoms with van der Waals surface area (Å²) in [4.78, 5) is 19.2. The predicted octanol–water partition coefficient (Wildman–Crippen LogP) is 5.39. The van der Waals surface area contributed by atoms with Crippen molar-refractivity contribution in [2.24, 2.45) is 0 Å². The zero-order valence-corrected chi connectivity index (χ0v) is 19.0. The molecule has 0 radical (unpaired) electrons. The number of ether oxygens (including phenoxy) is 2. The van der Waals surface area contributed by atoms with Gasteiger partial charge in [0, 0.05) is 48.6 Å². The molecular formula is C27H24N6O2. The molecule has 0 unspecified atom stereocenters. The molecule has 5 aromatic rings. The highest BCUT2D eigenvalue weighted by molar-refractivity contribution is 5.97. The Balaban J connectivity index is 1.35. The van der Waals surface area contributed by atoms with Crippen LogP contribution in [0.1, 0.15) is 0 Å². The number of hydrogen-bond donors (Lipinski definition) is 2. The van der Waals surface area contributed by atoms with Crippen molar-refractivity contribution in [3.63, 3.8) is 0 Å². The summed E-state index contributed by atoms with van der Waals surface area (Å²) in [6, 6.07) is 21.8. The third kappa shape index (κ3) is 4.51. The lowest BCUT2D eigenvalue weighted by Crippen LogP contribution is -2.36. The van der Waals surface area contributed by atoms with Crippen molar-refractivity contribution in [1.82, 2.24) is 19.9 Å². The Labute approximate surface area is 202 Å². The van der Waals surface area contributed by atoms with Gasteiger partial charge in [-0.1, -0.05) is 18.2 Å². The fraction of sp³-hybridized carbons (Fsp3) is 0.148. The Morgan fingerprint density at radius 1 is 0.886 bits per heavy atom. The Morgan fingerprint density at radius 2 is 1.66 bits per heavy atom. The molecule has 0 amide bonds. The highest BCUT2D eigenvalue weighted by Gasteiger charge is 2.18.